The van der Waals surface area contributed by atoms with Crippen LogP contribution in [0.3, 0.4) is 0 Å². The standard InChI is InChI=1S/C15H9Cl3N2/c1-8-5-6-9(16)7-10(8)15-19-12-4-2-3-11(17)13(12)14(18)20-15/h2-7H,1H3. The molecular weight excluding hydrogens is 315 g/mol. The molecular formula is C15H9Cl3N2. The Morgan fingerprint density at radius 2 is 1.75 bits per heavy atom. The molecule has 0 aliphatic heterocycles. The number of benzene rings is 2. The molecule has 0 saturated heterocycles. The van der Waals surface area contributed by atoms with E-state index in [1.54, 1.807) is 6.07 Å². The summed E-state index contributed by atoms with van der Waals surface area (Å²) in [6.45, 7) is 1.98. The Morgan fingerprint density at radius 3 is 2.55 bits per heavy atom. The topological polar surface area (TPSA) is 25.8 Å². The fourth-order valence-corrected chi connectivity index (χ4v) is 2.81. The minimum Gasteiger partial charge on any atom is -0.228 e. The summed E-state index contributed by atoms with van der Waals surface area (Å²) >= 11 is 18.4. The minimum absolute atomic E-state index is 0.343. The predicted molar refractivity (Wildman–Crippen MR) is 84.7 cm³/mol. The van der Waals surface area contributed by atoms with Gasteiger partial charge in [0, 0.05) is 10.6 Å². The van der Waals surface area contributed by atoms with Crippen molar-refractivity contribution in [3.05, 3.63) is 57.2 Å². The number of hydrogen-bond acceptors (Lipinski definition) is 2. The van der Waals surface area contributed by atoms with E-state index in [0.717, 1.165) is 11.1 Å². The van der Waals surface area contributed by atoms with Crippen LogP contribution >= 0.6 is 34.8 Å². The summed E-state index contributed by atoms with van der Waals surface area (Å²) in [5.74, 6) is 0.546. The van der Waals surface area contributed by atoms with Gasteiger partial charge < -0.3 is 0 Å². The fourth-order valence-electron chi connectivity index (χ4n) is 2.05. The summed E-state index contributed by atoms with van der Waals surface area (Å²) in [6.07, 6.45) is 0. The van der Waals surface area contributed by atoms with E-state index >= 15 is 0 Å². The van der Waals surface area contributed by atoms with Gasteiger partial charge in [-0.3, -0.25) is 0 Å². The van der Waals surface area contributed by atoms with Crippen LogP contribution in [-0.4, -0.2) is 9.97 Å². The molecule has 1 aromatic heterocycles. The number of rotatable bonds is 1. The van der Waals surface area contributed by atoms with Gasteiger partial charge in [0.25, 0.3) is 0 Å². The Bertz CT molecular complexity index is 816. The molecule has 5 heteroatoms. The molecule has 0 bridgehead atoms. The molecule has 1 heterocycles. The number of fused-ring (bicyclic) bond motifs is 1. The van der Waals surface area contributed by atoms with E-state index in [9.17, 15) is 0 Å². The molecule has 20 heavy (non-hydrogen) atoms. The SMILES string of the molecule is Cc1ccc(Cl)cc1-c1nc(Cl)c2c(Cl)cccc2n1. The summed E-state index contributed by atoms with van der Waals surface area (Å²) in [5, 5.41) is 2.19. The van der Waals surface area contributed by atoms with Crippen molar-refractivity contribution in [2.75, 3.05) is 0 Å². The summed E-state index contributed by atoms with van der Waals surface area (Å²) < 4.78 is 0. The van der Waals surface area contributed by atoms with Gasteiger partial charge in [-0.05, 0) is 36.8 Å². The highest BCUT2D eigenvalue weighted by Gasteiger charge is 2.12. The molecule has 2 nitrogen and oxygen atoms in total. The molecule has 2 aromatic carbocycles. The van der Waals surface area contributed by atoms with Gasteiger partial charge in [-0.1, -0.05) is 46.9 Å². The number of aromatic nitrogens is 2. The van der Waals surface area contributed by atoms with Crippen molar-refractivity contribution < 1.29 is 0 Å². The first-order chi connectivity index (χ1) is 9.56. The van der Waals surface area contributed by atoms with E-state index in [0.29, 0.717) is 31.9 Å². The summed E-state index contributed by atoms with van der Waals surface area (Å²) in [5.41, 5.74) is 2.61. The molecule has 0 atom stereocenters. The number of nitrogens with zero attached hydrogens (tertiary/aromatic N) is 2. The average molecular weight is 324 g/mol. The molecule has 0 amide bonds. The van der Waals surface area contributed by atoms with Crippen LogP contribution in [0.15, 0.2) is 36.4 Å². The highest BCUT2D eigenvalue weighted by Crippen LogP contribution is 2.31. The highest BCUT2D eigenvalue weighted by molar-refractivity contribution is 6.41. The van der Waals surface area contributed by atoms with Crippen LogP contribution in [0.1, 0.15) is 5.56 Å². The Hall–Kier alpha value is -1.35. The van der Waals surface area contributed by atoms with Gasteiger partial charge in [0.15, 0.2) is 5.82 Å². The van der Waals surface area contributed by atoms with Gasteiger partial charge in [0.05, 0.1) is 15.9 Å². The van der Waals surface area contributed by atoms with Crippen LogP contribution in [0.2, 0.25) is 15.2 Å². The molecule has 0 saturated carbocycles. The second-order valence-corrected chi connectivity index (χ2v) is 5.63. The van der Waals surface area contributed by atoms with Crippen molar-refractivity contribution in [1.29, 1.82) is 0 Å². The molecule has 0 aliphatic rings. The van der Waals surface area contributed by atoms with Crippen molar-refractivity contribution in [2.24, 2.45) is 0 Å². The van der Waals surface area contributed by atoms with E-state index in [1.165, 1.54) is 0 Å². The third-order valence-electron chi connectivity index (χ3n) is 3.07. The van der Waals surface area contributed by atoms with Gasteiger partial charge in [-0.2, -0.15) is 0 Å². The van der Waals surface area contributed by atoms with Crippen LogP contribution in [0.5, 0.6) is 0 Å². The molecule has 0 spiro atoms. The van der Waals surface area contributed by atoms with Crippen LogP contribution in [-0.2, 0) is 0 Å². The highest BCUT2D eigenvalue weighted by atomic mass is 35.5. The van der Waals surface area contributed by atoms with E-state index in [2.05, 4.69) is 9.97 Å². The van der Waals surface area contributed by atoms with Crippen LogP contribution in [0, 0.1) is 6.92 Å². The zero-order valence-electron chi connectivity index (χ0n) is 10.5. The second-order valence-electron chi connectivity index (χ2n) is 4.43. The predicted octanol–water partition coefficient (Wildman–Crippen LogP) is 5.57. The van der Waals surface area contributed by atoms with Gasteiger partial charge in [0.2, 0.25) is 0 Å². The van der Waals surface area contributed by atoms with Gasteiger partial charge in [0.1, 0.15) is 5.15 Å². The lowest BCUT2D eigenvalue weighted by molar-refractivity contribution is 1.21. The van der Waals surface area contributed by atoms with E-state index in [-0.39, 0.29) is 0 Å². The molecule has 0 aliphatic carbocycles. The van der Waals surface area contributed by atoms with E-state index < -0.39 is 0 Å². The van der Waals surface area contributed by atoms with Crippen LogP contribution in [0.4, 0.5) is 0 Å². The lowest BCUT2D eigenvalue weighted by Gasteiger charge is -2.08. The molecule has 0 unspecified atom stereocenters. The van der Waals surface area contributed by atoms with Crippen molar-refractivity contribution in [3.8, 4) is 11.4 Å². The fraction of sp³-hybridized carbons (Fsp3) is 0.0667. The third-order valence-corrected chi connectivity index (χ3v) is 3.89. The van der Waals surface area contributed by atoms with Crippen LogP contribution in [0.25, 0.3) is 22.3 Å². The first-order valence-corrected chi connectivity index (χ1v) is 7.08. The zero-order chi connectivity index (χ0) is 14.3. The lowest BCUT2D eigenvalue weighted by atomic mass is 10.1. The first-order valence-electron chi connectivity index (χ1n) is 5.94. The molecule has 0 N–H and O–H groups in total. The number of hydrogen-bond donors (Lipinski definition) is 0. The monoisotopic (exact) mass is 322 g/mol. The summed E-state index contributed by atoms with van der Waals surface area (Å²) in [4.78, 5) is 8.88. The summed E-state index contributed by atoms with van der Waals surface area (Å²) in [7, 11) is 0. The Kier molecular flexibility index (Phi) is 3.55. The maximum atomic E-state index is 6.24. The second kappa shape index (κ2) is 5.21. The van der Waals surface area contributed by atoms with Gasteiger partial charge >= 0.3 is 0 Å². The van der Waals surface area contributed by atoms with Crippen molar-refractivity contribution >= 4 is 45.7 Å². The quantitative estimate of drug-likeness (QED) is 0.547. The number of halogens is 3. The first kappa shape index (κ1) is 13.6. The van der Waals surface area contributed by atoms with Crippen molar-refractivity contribution in [1.82, 2.24) is 9.97 Å². The molecule has 0 fully saturated rings. The van der Waals surface area contributed by atoms with Crippen molar-refractivity contribution in [3.63, 3.8) is 0 Å². The minimum atomic E-state index is 0.343. The Balaban J connectivity index is 2.30. The zero-order valence-corrected chi connectivity index (χ0v) is 12.8. The van der Waals surface area contributed by atoms with Gasteiger partial charge in [-0.15, -0.1) is 0 Å². The molecule has 3 rings (SSSR count). The van der Waals surface area contributed by atoms with E-state index in [1.807, 2.05) is 37.3 Å². The lowest BCUT2D eigenvalue weighted by Crippen LogP contribution is -1.94. The maximum Gasteiger partial charge on any atom is 0.161 e. The summed E-state index contributed by atoms with van der Waals surface area (Å²) in [6, 6.07) is 11.1. The Labute approximate surface area is 131 Å². The van der Waals surface area contributed by atoms with Gasteiger partial charge in [-0.25, -0.2) is 9.97 Å². The molecule has 3 aromatic rings. The molecule has 0 radical (unpaired) electrons. The van der Waals surface area contributed by atoms with Crippen molar-refractivity contribution in [2.45, 2.75) is 6.92 Å². The number of aryl methyl sites for hydroxylation is 1. The third kappa shape index (κ3) is 2.35. The Morgan fingerprint density at radius 1 is 0.950 bits per heavy atom. The average Bonchev–Trinajstić information content (AvgIpc) is 2.41. The maximum absolute atomic E-state index is 6.24. The van der Waals surface area contributed by atoms with Crippen LogP contribution < -0.4 is 0 Å². The normalized spacial score (nSPS) is 11.0. The molecule has 100 valence electrons. The van der Waals surface area contributed by atoms with E-state index in [4.69, 9.17) is 34.8 Å². The smallest absolute Gasteiger partial charge is 0.161 e. The largest absolute Gasteiger partial charge is 0.228 e.